The molecule has 1 amide bonds. The summed E-state index contributed by atoms with van der Waals surface area (Å²) in [4.78, 5) is 16.5. The van der Waals surface area contributed by atoms with Crippen LogP contribution in [0.5, 0.6) is 0 Å². The van der Waals surface area contributed by atoms with Crippen LogP contribution in [0.15, 0.2) is 0 Å². The maximum atomic E-state index is 11.6. The van der Waals surface area contributed by atoms with Gasteiger partial charge in [0.2, 0.25) is 5.91 Å². The van der Waals surface area contributed by atoms with Crippen LogP contribution >= 0.6 is 0 Å². The number of methoxy groups -OCH3 is 1. The van der Waals surface area contributed by atoms with E-state index in [1.807, 2.05) is 6.92 Å². The highest BCUT2D eigenvalue weighted by molar-refractivity contribution is 5.77. The van der Waals surface area contributed by atoms with Crippen LogP contribution in [-0.2, 0) is 14.4 Å². The van der Waals surface area contributed by atoms with Crippen LogP contribution < -0.4 is 5.48 Å². The van der Waals surface area contributed by atoms with Gasteiger partial charge in [-0.15, -0.1) is 0 Å². The molecule has 1 unspecified atom stereocenters. The molecule has 1 N–H and O–H groups in total. The van der Waals surface area contributed by atoms with Gasteiger partial charge in [-0.25, -0.2) is 5.48 Å². The van der Waals surface area contributed by atoms with Gasteiger partial charge in [0.25, 0.3) is 0 Å². The molecule has 0 bridgehead atoms. The molecule has 0 saturated heterocycles. The van der Waals surface area contributed by atoms with Crippen molar-refractivity contribution in [2.45, 2.75) is 39.5 Å². The average Bonchev–Trinajstić information content (AvgIpc) is 2.25. The first-order valence-corrected chi connectivity index (χ1v) is 5.66. The van der Waals surface area contributed by atoms with E-state index in [1.165, 1.54) is 0 Å². The topological polar surface area (TPSA) is 47.6 Å². The number of carbonyl (C=O) groups excluding carboxylic acids is 1. The lowest BCUT2D eigenvalue weighted by molar-refractivity contribution is -0.139. The molecule has 0 aliphatic heterocycles. The number of carbonyl (C=O) groups is 1. The zero-order valence-corrected chi connectivity index (χ0v) is 10.0. The molecule has 4 nitrogen and oxygen atoms in total. The summed E-state index contributed by atoms with van der Waals surface area (Å²) in [6.07, 6.45) is 4.00. The molecule has 0 fully saturated rings. The van der Waals surface area contributed by atoms with Crippen LogP contribution in [0.25, 0.3) is 0 Å². The minimum Gasteiger partial charge on any atom is -0.382 e. The zero-order chi connectivity index (χ0) is 11.5. The first-order valence-electron chi connectivity index (χ1n) is 5.66. The van der Waals surface area contributed by atoms with Crippen molar-refractivity contribution in [1.29, 1.82) is 0 Å². The maximum absolute atomic E-state index is 11.6. The standard InChI is InChI=1S/C11H23NO3/c1-4-6-7-10(5-2)11(13)12-15-9-8-14-3/h10H,4-9H2,1-3H3,(H,12,13). The van der Waals surface area contributed by atoms with Crippen LogP contribution in [0, 0.1) is 5.92 Å². The Hall–Kier alpha value is -0.610. The van der Waals surface area contributed by atoms with Crippen molar-refractivity contribution in [3.05, 3.63) is 0 Å². The Bertz CT molecular complexity index is 162. The van der Waals surface area contributed by atoms with E-state index in [-0.39, 0.29) is 11.8 Å². The predicted molar refractivity (Wildman–Crippen MR) is 59.3 cm³/mol. The van der Waals surface area contributed by atoms with Crippen molar-refractivity contribution in [2.75, 3.05) is 20.3 Å². The second-order valence-electron chi connectivity index (χ2n) is 3.55. The minimum atomic E-state index is -0.0120. The number of unbranched alkanes of at least 4 members (excludes halogenated alkanes) is 1. The van der Waals surface area contributed by atoms with E-state index >= 15 is 0 Å². The molecule has 90 valence electrons. The Kier molecular flexibility index (Phi) is 9.52. The van der Waals surface area contributed by atoms with Gasteiger partial charge in [-0.05, 0) is 12.8 Å². The second kappa shape index (κ2) is 9.93. The Labute approximate surface area is 92.3 Å². The summed E-state index contributed by atoms with van der Waals surface area (Å²) in [7, 11) is 1.60. The highest BCUT2D eigenvalue weighted by Gasteiger charge is 2.15. The van der Waals surface area contributed by atoms with E-state index < -0.39 is 0 Å². The summed E-state index contributed by atoms with van der Waals surface area (Å²) in [6, 6.07) is 0. The van der Waals surface area contributed by atoms with Gasteiger partial charge in [-0.3, -0.25) is 9.63 Å². The van der Waals surface area contributed by atoms with Gasteiger partial charge in [-0.1, -0.05) is 26.7 Å². The lowest BCUT2D eigenvalue weighted by Crippen LogP contribution is -2.31. The third-order valence-corrected chi connectivity index (χ3v) is 2.33. The Morgan fingerprint density at radius 1 is 1.33 bits per heavy atom. The lowest BCUT2D eigenvalue weighted by Gasteiger charge is -2.13. The molecular weight excluding hydrogens is 194 g/mol. The molecule has 0 aliphatic rings. The molecule has 0 aromatic carbocycles. The number of rotatable bonds is 9. The van der Waals surface area contributed by atoms with E-state index in [0.717, 1.165) is 25.7 Å². The Balaban J connectivity index is 3.63. The SMILES string of the molecule is CCCCC(CC)C(=O)NOCCOC. The van der Waals surface area contributed by atoms with Gasteiger partial charge >= 0.3 is 0 Å². The highest BCUT2D eigenvalue weighted by Crippen LogP contribution is 2.12. The second-order valence-corrected chi connectivity index (χ2v) is 3.55. The third-order valence-electron chi connectivity index (χ3n) is 2.33. The summed E-state index contributed by atoms with van der Waals surface area (Å²) in [5.74, 6) is 0.0644. The van der Waals surface area contributed by atoms with Gasteiger partial charge in [0.1, 0.15) is 0 Å². The maximum Gasteiger partial charge on any atom is 0.246 e. The van der Waals surface area contributed by atoms with Crippen LogP contribution in [0.3, 0.4) is 0 Å². The average molecular weight is 217 g/mol. The van der Waals surface area contributed by atoms with Crippen molar-refractivity contribution in [1.82, 2.24) is 5.48 Å². The summed E-state index contributed by atoms with van der Waals surface area (Å²) < 4.78 is 4.80. The molecule has 0 aromatic rings. The van der Waals surface area contributed by atoms with Gasteiger partial charge in [0.05, 0.1) is 13.2 Å². The van der Waals surface area contributed by atoms with Gasteiger partial charge in [-0.2, -0.15) is 0 Å². The highest BCUT2D eigenvalue weighted by atomic mass is 16.7. The van der Waals surface area contributed by atoms with E-state index in [9.17, 15) is 4.79 Å². The van der Waals surface area contributed by atoms with Crippen molar-refractivity contribution in [3.63, 3.8) is 0 Å². The van der Waals surface area contributed by atoms with Crippen LogP contribution in [0.4, 0.5) is 0 Å². The largest absolute Gasteiger partial charge is 0.382 e. The number of hydroxylamine groups is 1. The number of ether oxygens (including phenoxy) is 1. The normalized spacial score (nSPS) is 12.5. The fourth-order valence-corrected chi connectivity index (χ4v) is 1.30. The molecule has 0 rings (SSSR count). The zero-order valence-electron chi connectivity index (χ0n) is 10.0. The first-order chi connectivity index (χ1) is 7.26. The number of hydrogen-bond acceptors (Lipinski definition) is 3. The molecule has 0 saturated carbocycles. The van der Waals surface area contributed by atoms with Crippen molar-refractivity contribution in [3.8, 4) is 0 Å². The van der Waals surface area contributed by atoms with Gasteiger partial charge in [0, 0.05) is 13.0 Å². The van der Waals surface area contributed by atoms with Crippen molar-refractivity contribution >= 4 is 5.91 Å². The number of amides is 1. The molecule has 4 heteroatoms. The summed E-state index contributed by atoms with van der Waals surface area (Å²) >= 11 is 0. The minimum absolute atomic E-state index is 0.0120. The molecule has 0 heterocycles. The third kappa shape index (κ3) is 7.33. The summed E-state index contributed by atoms with van der Waals surface area (Å²) in [5, 5.41) is 0. The lowest BCUT2D eigenvalue weighted by atomic mass is 9.99. The van der Waals surface area contributed by atoms with E-state index in [4.69, 9.17) is 9.57 Å². The Morgan fingerprint density at radius 2 is 2.07 bits per heavy atom. The fourth-order valence-electron chi connectivity index (χ4n) is 1.30. The molecular formula is C11H23NO3. The molecule has 0 aromatic heterocycles. The van der Waals surface area contributed by atoms with Crippen LogP contribution in [0.1, 0.15) is 39.5 Å². The summed E-state index contributed by atoms with van der Waals surface area (Å²) in [5.41, 5.74) is 2.46. The first kappa shape index (κ1) is 14.4. The fraction of sp³-hybridized carbons (Fsp3) is 0.909. The van der Waals surface area contributed by atoms with Crippen molar-refractivity contribution < 1.29 is 14.4 Å². The predicted octanol–water partition coefficient (Wildman–Crippen LogP) is 1.90. The Morgan fingerprint density at radius 3 is 2.60 bits per heavy atom. The quantitative estimate of drug-likeness (QED) is 0.474. The smallest absolute Gasteiger partial charge is 0.246 e. The molecule has 0 radical (unpaired) electrons. The van der Waals surface area contributed by atoms with Crippen LogP contribution in [-0.4, -0.2) is 26.2 Å². The molecule has 0 spiro atoms. The van der Waals surface area contributed by atoms with Gasteiger partial charge < -0.3 is 4.74 Å². The number of hydrogen-bond donors (Lipinski definition) is 1. The molecule has 1 atom stereocenters. The summed E-state index contributed by atoms with van der Waals surface area (Å²) in [6.45, 7) is 5.03. The van der Waals surface area contributed by atoms with E-state index in [2.05, 4.69) is 12.4 Å². The van der Waals surface area contributed by atoms with E-state index in [0.29, 0.717) is 13.2 Å². The van der Waals surface area contributed by atoms with Gasteiger partial charge in [0.15, 0.2) is 0 Å². The molecule has 0 aliphatic carbocycles. The molecule has 15 heavy (non-hydrogen) atoms. The number of nitrogens with one attached hydrogen (secondary N) is 1. The van der Waals surface area contributed by atoms with Crippen molar-refractivity contribution in [2.24, 2.45) is 5.92 Å². The monoisotopic (exact) mass is 217 g/mol. The van der Waals surface area contributed by atoms with E-state index in [1.54, 1.807) is 7.11 Å². The van der Waals surface area contributed by atoms with Crippen LogP contribution in [0.2, 0.25) is 0 Å².